The molecule has 0 amide bonds. The summed E-state index contributed by atoms with van der Waals surface area (Å²) >= 11 is 1.71. The first-order valence-electron chi connectivity index (χ1n) is 10.5. The predicted octanol–water partition coefficient (Wildman–Crippen LogP) is 4.40. The van der Waals surface area contributed by atoms with Gasteiger partial charge in [-0.3, -0.25) is 10.1 Å². The molecule has 8 heteroatoms. The number of aliphatic imine (C=N–C) groups is 1. The van der Waals surface area contributed by atoms with Gasteiger partial charge < -0.3 is 15.5 Å². The molecule has 0 bridgehead atoms. The van der Waals surface area contributed by atoms with Crippen LogP contribution in [0.3, 0.4) is 0 Å². The number of benzene rings is 1. The molecule has 2 N–H and O–H groups in total. The normalized spacial score (nSPS) is 12.7. The topological polar surface area (TPSA) is 82.8 Å². The number of nitro benzene ring substituents is 1. The van der Waals surface area contributed by atoms with Crippen LogP contribution >= 0.6 is 11.3 Å². The van der Waals surface area contributed by atoms with Crippen molar-refractivity contribution in [2.24, 2.45) is 4.99 Å². The molecule has 0 saturated carbocycles. The monoisotopic (exact) mass is 431 g/mol. The maximum Gasteiger partial charge on any atom is 0.269 e. The Morgan fingerprint density at radius 2 is 1.97 bits per heavy atom. The van der Waals surface area contributed by atoms with E-state index in [9.17, 15) is 10.1 Å². The number of nitrogens with one attached hydrogen (secondary N) is 2. The van der Waals surface area contributed by atoms with E-state index < -0.39 is 0 Å². The van der Waals surface area contributed by atoms with Crippen molar-refractivity contribution < 1.29 is 4.92 Å². The zero-order valence-corrected chi connectivity index (χ0v) is 19.0. The predicted molar refractivity (Wildman–Crippen MR) is 125 cm³/mol. The van der Waals surface area contributed by atoms with E-state index in [2.05, 4.69) is 47.8 Å². The molecule has 1 unspecified atom stereocenters. The van der Waals surface area contributed by atoms with E-state index in [0.717, 1.165) is 50.5 Å². The lowest BCUT2D eigenvalue weighted by Crippen LogP contribution is -2.42. The Hall–Kier alpha value is -2.45. The van der Waals surface area contributed by atoms with Crippen molar-refractivity contribution in [1.82, 2.24) is 15.5 Å². The summed E-state index contributed by atoms with van der Waals surface area (Å²) in [5.74, 6) is 0.761. The molecule has 30 heavy (non-hydrogen) atoms. The Bertz CT molecular complexity index is 773. The second kappa shape index (κ2) is 13.0. The molecule has 0 aliphatic rings. The fourth-order valence-electron chi connectivity index (χ4n) is 3.10. The SMILES string of the molecule is CCN(CC)CCCC(C)NC(=NCc1ccc([N+](=O)[O-])cc1)NCc1cccs1. The van der Waals surface area contributed by atoms with Gasteiger partial charge in [0, 0.05) is 23.1 Å². The first-order valence-corrected chi connectivity index (χ1v) is 11.4. The van der Waals surface area contributed by atoms with Crippen LogP contribution in [0.1, 0.15) is 44.1 Å². The van der Waals surface area contributed by atoms with Crippen molar-refractivity contribution >= 4 is 23.0 Å². The fraction of sp³-hybridized carbons (Fsp3) is 0.500. The molecule has 1 aromatic heterocycles. The summed E-state index contributed by atoms with van der Waals surface area (Å²) in [5, 5.41) is 19.8. The molecule has 1 heterocycles. The Morgan fingerprint density at radius 3 is 2.57 bits per heavy atom. The third-order valence-electron chi connectivity index (χ3n) is 4.97. The van der Waals surface area contributed by atoms with Gasteiger partial charge in [-0.15, -0.1) is 11.3 Å². The third-order valence-corrected chi connectivity index (χ3v) is 5.84. The van der Waals surface area contributed by atoms with E-state index in [1.54, 1.807) is 23.5 Å². The van der Waals surface area contributed by atoms with Crippen LogP contribution in [0.4, 0.5) is 5.69 Å². The number of hydrogen-bond acceptors (Lipinski definition) is 5. The van der Waals surface area contributed by atoms with Gasteiger partial charge in [-0.25, -0.2) is 4.99 Å². The van der Waals surface area contributed by atoms with E-state index in [-0.39, 0.29) is 10.6 Å². The summed E-state index contributed by atoms with van der Waals surface area (Å²) in [7, 11) is 0. The van der Waals surface area contributed by atoms with Gasteiger partial charge in [-0.1, -0.05) is 32.0 Å². The van der Waals surface area contributed by atoms with Crippen LogP contribution in [0.25, 0.3) is 0 Å². The number of nitrogens with zero attached hydrogens (tertiary/aromatic N) is 3. The minimum Gasteiger partial charge on any atom is -0.354 e. The Morgan fingerprint density at radius 1 is 1.23 bits per heavy atom. The zero-order valence-electron chi connectivity index (χ0n) is 18.1. The molecule has 164 valence electrons. The number of thiophene rings is 1. The Kier molecular flexibility index (Phi) is 10.3. The average molecular weight is 432 g/mol. The smallest absolute Gasteiger partial charge is 0.269 e. The van der Waals surface area contributed by atoms with Gasteiger partial charge in [0.2, 0.25) is 0 Å². The molecule has 2 aromatic rings. The van der Waals surface area contributed by atoms with Crippen LogP contribution in [0, 0.1) is 10.1 Å². The summed E-state index contributed by atoms with van der Waals surface area (Å²) in [6, 6.07) is 11.0. The number of non-ortho nitro benzene ring substituents is 1. The van der Waals surface area contributed by atoms with Gasteiger partial charge in [-0.05, 0) is 56.4 Å². The molecular formula is C22H33N5O2S. The molecule has 0 aliphatic heterocycles. The summed E-state index contributed by atoms with van der Waals surface area (Å²) in [5.41, 5.74) is 1.03. The lowest BCUT2D eigenvalue weighted by atomic mass is 10.2. The molecule has 0 aliphatic carbocycles. The number of guanidine groups is 1. The molecule has 7 nitrogen and oxygen atoms in total. The highest BCUT2D eigenvalue weighted by molar-refractivity contribution is 7.09. The van der Waals surface area contributed by atoms with Crippen molar-refractivity contribution in [3.8, 4) is 0 Å². The van der Waals surface area contributed by atoms with Crippen molar-refractivity contribution in [3.63, 3.8) is 0 Å². The first kappa shape index (κ1) is 23.8. The lowest BCUT2D eigenvalue weighted by molar-refractivity contribution is -0.384. The van der Waals surface area contributed by atoms with Gasteiger partial charge in [0.05, 0.1) is 18.0 Å². The number of rotatable bonds is 12. The molecule has 2 rings (SSSR count). The summed E-state index contributed by atoms with van der Waals surface area (Å²) in [6.07, 6.45) is 2.20. The number of hydrogen-bond donors (Lipinski definition) is 2. The standard InChI is InChI=1S/C22H33N5O2S/c1-4-26(5-2)14-6-8-18(3)25-22(24-17-21-9-7-15-30-21)23-16-19-10-12-20(13-11-19)27(28)29/h7,9-13,15,18H,4-6,8,14,16-17H2,1-3H3,(H2,23,24,25). The summed E-state index contributed by atoms with van der Waals surface area (Å²) in [4.78, 5) is 18.8. The summed E-state index contributed by atoms with van der Waals surface area (Å²) < 4.78 is 0. The first-order chi connectivity index (χ1) is 14.5. The maximum absolute atomic E-state index is 10.8. The second-order valence-electron chi connectivity index (χ2n) is 7.24. The zero-order chi connectivity index (χ0) is 21.8. The molecular weight excluding hydrogens is 398 g/mol. The quantitative estimate of drug-likeness (QED) is 0.225. The van der Waals surface area contributed by atoms with Gasteiger partial charge in [0.15, 0.2) is 5.96 Å². The molecule has 0 radical (unpaired) electrons. The minimum atomic E-state index is -0.386. The minimum absolute atomic E-state index is 0.0960. The third kappa shape index (κ3) is 8.51. The van der Waals surface area contributed by atoms with Crippen molar-refractivity contribution in [3.05, 3.63) is 62.3 Å². The van der Waals surface area contributed by atoms with E-state index in [0.29, 0.717) is 12.6 Å². The van der Waals surface area contributed by atoms with Crippen LogP contribution < -0.4 is 10.6 Å². The fourth-order valence-corrected chi connectivity index (χ4v) is 3.74. The Balaban J connectivity index is 1.94. The highest BCUT2D eigenvalue weighted by Crippen LogP contribution is 2.13. The summed E-state index contributed by atoms with van der Waals surface area (Å²) in [6.45, 7) is 11.0. The van der Waals surface area contributed by atoms with Crippen LogP contribution in [-0.2, 0) is 13.1 Å². The van der Waals surface area contributed by atoms with E-state index >= 15 is 0 Å². The van der Waals surface area contributed by atoms with Gasteiger partial charge in [0.25, 0.3) is 5.69 Å². The van der Waals surface area contributed by atoms with Crippen molar-refractivity contribution in [2.45, 2.75) is 52.7 Å². The van der Waals surface area contributed by atoms with Crippen LogP contribution in [0.15, 0.2) is 46.8 Å². The molecule has 0 spiro atoms. The van der Waals surface area contributed by atoms with Crippen molar-refractivity contribution in [1.29, 1.82) is 0 Å². The van der Waals surface area contributed by atoms with E-state index in [1.165, 1.54) is 17.0 Å². The average Bonchev–Trinajstić information content (AvgIpc) is 3.27. The molecule has 0 saturated heterocycles. The van der Waals surface area contributed by atoms with E-state index in [1.807, 2.05) is 6.07 Å². The molecule has 1 aromatic carbocycles. The van der Waals surface area contributed by atoms with Crippen LogP contribution in [0.5, 0.6) is 0 Å². The molecule has 1 atom stereocenters. The lowest BCUT2D eigenvalue weighted by Gasteiger charge is -2.21. The van der Waals surface area contributed by atoms with E-state index in [4.69, 9.17) is 4.99 Å². The van der Waals surface area contributed by atoms with Gasteiger partial charge >= 0.3 is 0 Å². The van der Waals surface area contributed by atoms with Gasteiger partial charge in [-0.2, -0.15) is 0 Å². The Labute approximate surface area is 183 Å². The van der Waals surface area contributed by atoms with Gasteiger partial charge in [0.1, 0.15) is 0 Å². The van der Waals surface area contributed by atoms with Crippen LogP contribution in [0.2, 0.25) is 0 Å². The highest BCUT2D eigenvalue weighted by atomic mass is 32.1. The highest BCUT2D eigenvalue weighted by Gasteiger charge is 2.08. The second-order valence-corrected chi connectivity index (χ2v) is 8.27. The number of nitro groups is 1. The largest absolute Gasteiger partial charge is 0.354 e. The maximum atomic E-state index is 10.8. The molecule has 0 fully saturated rings. The van der Waals surface area contributed by atoms with Crippen molar-refractivity contribution in [2.75, 3.05) is 19.6 Å². The van der Waals surface area contributed by atoms with Crippen LogP contribution in [-0.4, -0.2) is 41.5 Å².